The number of benzene rings is 1. The average Bonchev–Trinajstić information content (AvgIpc) is 2.25. The van der Waals surface area contributed by atoms with Crippen LogP contribution in [0.2, 0.25) is 0 Å². The molecule has 0 aliphatic heterocycles. The number of carbonyl (C=O) groups is 2. The predicted molar refractivity (Wildman–Crippen MR) is 62.9 cm³/mol. The number of rotatable bonds is 5. The van der Waals surface area contributed by atoms with Gasteiger partial charge in [-0.1, -0.05) is 35.0 Å². The van der Waals surface area contributed by atoms with Gasteiger partial charge in [0, 0.05) is 4.47 Å². The molecule has 4 nitrogen and oxygen atoms in total. The Bertz CT molecular complexity index is 408. The molecule has 1 atom stereocenters. The lowest BCUT2D eigenvalue weighted by Crippen LogP contribution is -2.48. The Hall–Kier alpha value is -1.36. The molecule has 0 aliphatic carbocycles. The van der Waals surface area contributed by atoms with Gasteiger partial charge >= 0.3 is 5.97 Å². The molecule has 5 heteroatoms. The lowest BCUT2D eigenvalue weighted by molar-refractivity contribution is -0.147. The zero-order valence-electron chi connectivity index (χ0n) is 8.74. The van der Waals surface area contributed by atoms with Gasteiger partial charge in [0.2, 0.25) is 6.41 Å². The molecular formula is C11H12BrNO3. The third-order valence-corrected chi connectivity index (χ3v) is 3.01. The minimum Gasteiger partial charge on any atom is -0.479 e. The number of carbonyl (C=O) groups excluding carboxylic acids is 1. The van der Waals surface area contributed by atoms with Crippen molar-refractivity contribution in [1.82, 2.24) is 5.32 Å². The number of nitrogens with one attached hydrogen (secondary N) is 1. The van der Waals surface area contributed by atoms with Crippen LogP contribution in [0.4, 0.5) is 0 Å². The van der Waals surface area contributed by atoms with Gasteiger partial charge < -0.3 is 10.4 Å². The summed E-state index contributed by atoms with van der Waals surface area (Å²) in [5, 5.41) is 11.7. The zero-order valence-corrected chi connectivity index (χ0v) is 10.3. The van der Waals surface area contributed by atoms with Gasteiger partial charge in [0.05, 0.1) is 0 Å². The maximum Gasteiger partial charge on any atom is 0.334 e. The van der Waals surface area contributed by atoms with Gasteiger partial charge in [-0.3, -0.25) is 4.79 Å². The molecule has 0 spiro atoms. The summed E-state index contributed by atoms with van der Waals surface area (Å²) in [6, 6.07) is 6.90. The van der Waals surface area contributed by atoms with E-state index in [1.165, 1.54) is 0 Å². The monoisotopic (exact) mass is 285 g/mol. The van der Waals surface area contributed by atoms with E-state index in [9.17, 15) is 14.7 Å². The molecule has 0 fully saturated rings. The van der Waals surface area contributed by atoms with Gasteiger partial charge in [-0.2, -0.15) is 0 Å². The van der Waals surface area contributed by atoms with Crippen LogP contribution in [-0.4, -0.2) is 17.5 Å². The Labute approximate surface area is 102 Å². The van der Waals surface area contributed by atoms with Gasteiger partial charge in [-0.25, -0.2) is 4.79 Å². The van der Waals surface area contributed by atoms with Crippen molar-refractivity contribution in [3.8, 4) is 0 Å². The molecule has 0 saturated carbocycles. The highest BCUT2D eigenvalue weighted by Gasteiger charge is 2.38. The summed E-state index contributed by atoms with van der Waals surface area (Å²) in [7, 11) is 0. The smallest absolute Gasteiger partial charge is 0.334 e. The molecule has 86 valence electrons. The van der Waals surface area contributed by atoms with E-state index in [1.807, 2.05) is 0 Å². The second kappa shape index (κ2) is 5.12. The highest BCUT2D eigenvalue weighted by molar-refractivity contribution is 9.10. The largest absolute Gasteiger partial charge is 0.479 e. The molecule has 0 saturated heterocycles. The number of carboxylic acids is 1. The van der Waals surface area contributed by atoms with Crippen molar-refractivity contribution < 1.29 is 14.7 Å². The summed E-state index contributed by atoms with van der Waals surface area (Å²) in [6.07, 6.45) is 0.691. The van der Waals surface area contributed by atoms with Crippen LogP contribution >= 0.6 is 15.9 Å². The van der Waals surface area contributed by atoms with Crippen LogP contribution < -0.4 is 5.32 Å². The van der Waals surface area contributed by atoms with Crippen molar-refractivity contribution in [2.45, 2.75) is 18.9 Å². The van der Waals surface area contributed by atoms with Crippen LogP contribution in [0.5, 0.6) is 0 Å². The van der Waals surface area contributed by atoms with Crippen molar-refractivity contribution >= 4 is 28.3 Å². The molecule has 0 radical (unpaired) electrons. The van der Waals surface area contributed by atoms with Gasteiger partial charge in [0.25, 0.3) is 0 Å². The minimum atomic E-state index is -1.36. The topological polar surface area (TPSA) is 66.4 Å². The highest BCUT2D eigenvalue weighted by atomic mass is 79.9. The second-order valence-electron chi connectivity index (χ2n) is 3.34. The first-order valence-corrected chi connectivity index (χ1v) is 5.57. The summed E-state index contributed by atoms with van der Waals surface area (Å²) < 4.78 is 0.775. The minimum absolute atomic E-state index is 0.275. The van der Waals surface area contributed by atoms with Gasteiger partial charge in [0.15, 0.2) is 5.54 Å². The van der Waals surface area contributed by atoms with Gasteiger partial charge in [-0.05, 0) is 24.1 Å². The molecule has 0 aliphatic rings. The molecule has 1 unspecified atom stereocenters. The number of hydrogen-bond donors (Lipinski definition) is 2. The first kappa shape index (κ1) is 12.7. The molecule has 1 amide bonds. The molecular weight excluding hydrogens is 274 g/mol. The predicted octanol–water partition coefficient (Wildman–Crippen LogP) is 1.88. The van der Waals surface area contributed by atoms with Crippen molar-refractivity contribution in [2.24, 2.45) is 0 Å². The fraction of sp³-hybridized carbons (Fsp3) is 0.273. The molecule has 2 N–H and O–H groups in total. The van der Waals surface area contributed by atoms with Crippen LogP contribution in [0, 0.1) is 0 Å². The number of carboxylic acid groups (broad SMARTS) is 1. The molecule has 1 aromatic rings. The Balaban J connectivity index is 3.29. The van der Waals surface area contributed by atoms with Crippen LogP contribution in [0.25, 0.3) is 0 Å². The SMILES string of the molecule is CCC(NC=O)(C(=O)O)c1cccc(Br)c1. The van der Waals surface area contributed by atoms with Crippen LogP contribution in [0.15, 0.2) is 28.7 Å². The third-order valence-electron chi connectivity index (χ3n) is 2.52. The Kier molecular flexibility index (Phi) is 4.06. The summed E-state index contributed by atoms with van der Waals surface area (Å²) in [6.45, 7) is 1.71. The Morgan fingerprint density at radius 2 is 2.31 bits per heavy atom. The van der Waals surface area contributed by atoms with E-state index in [1.54, 1.807) is 31.2 Å². The first-order valence-electron chi connectivity index (χ1n) is 4.77. The van der Waals surface area contributed by atoms with E-state index in [0.717, 1.165) is 4.47 Å². The fourth-order valence-corrected chi connectivity index (χ4v) is 1.98. The van der Waals surface area contributed by atoms with Crippen molar-refractivity contribution in [3.05, 3.63) is 34.3 Å². The lowest BCUT2D eigenvalue weighted by Gasteiger charge is -2.28. The Morgan fingerprint density at radius 3 is 2.75 bits per heavy atom. The second-order valence-corrected chi connectivity index (χ2v) is 4.25. The van der Waals surface area contributed by atoms with Crippen molar-refractivity contribution in [2.75, 3.05) is 0 Å². The molecule has 1 aromatic carbocycles. The maximum absolute atomic E-state index is 11.3. The average molecular weight is 286 g/mol. The normalized spacial score (nSPS) is 13.9. The van der Waals surface area contributed by atoms with Crippen molar-refractivity contribution in [1.29, 1.82) is 0 Å². The first-order chi connectivity index (χ1) is 7.56. The third kappa shape index (κ3) is 2.24. The lowest BCUT2D eigenvalue weighted by atomic mass is 9.87. The Morgan fingerprint density at radius 1 is 1.62 bits per heavy atom. The summed E-state index contributed by atoms with van der Waals surface area (Å²) >= 11 is 3.27. The van der Waals surface area contributed by atoms with Crippen molar-refractivity contribution in [3.63, 3.8) is 0 Å². The van der Waals surface area contributed by atoms with E-state index in [4.69, 9.17) is 0 Å². The quantitative estimate of drug-likeness (QED) is 0.812. The number of amides is 1. The fourth-order valence-electron chi connectivity index (χ4n) is 1.58. The number of hydrogen-bond acceptors (Lipinski definition) is 2. The van der Waals surface area contributed by atoms with Crippen LogP contribution in [-0.2, 0) is 15.1 Å². The summed E-state index contributed by atoms with van der Waals surface area (Å²) in [4.78, 5) is 21.9. The number of aliphatic carboxylic acids is 1. The molecule has 16 heavy (non-hydrogen) atoms. The standard InChI is InChI=1S/C11H12BrNO3/c1-2-11(10(15)16,13-7-14)8-4-3-5-9(12)6-8/h3-7H,2H2,1H3,(H,13,14)(H,15,16). The van der Waals surface area contributed by atoms with E-state index >= 15 is 0 Å². The number of halogens is 1. The summed E-state index contributed by atoms with van der Waals surface area (Å²) in [5.41, 5.74) is -0.810. The molecule has 0 bridgehead atoms. The van der Waals surface area contributed by atoms with E-state index in [-0.39, 0.29) is 6.42 Å². The van der Waals surface area contributed by atoms with Gasteiger partial charge in [0.1, 0.15) is 0 Å². The van der Waals surface area contributed by atoms with Gasteiger partial charge in [-0.15, -0.1) is 0 Å². The molecule has 1 rings (SSSR count). The van der Waals surface area contributed by atoms with Crippen LogP contribution in [0.1, 0.15) is 18.9 Å². The van der Waals surface area contributed by atoms with E-state index in [0.29, 0.717) is 12.0 Å². The molecule has 0 aromatic heterocycles. The van der Waals surface area contributed by atoms with E-state index < -0.39 is 11.5 Å². The van der Waals surface area contributed by atoms with Crippen LogP contribution in [0.3, 0.4) is 0 Å². The molecule has 0 heterocycles. The maximum atomic E-state index is 11.3. The summed E-state index contributed by atoms with van der Waals surface area (Å²) in [5.74, 6) is -1.07. The zero-order chi connectivity index (χ0) is 12.2. The van der Waals surface area contributed by atoms with E-state index in [2.05, 4.69) is 21.2 Å². The highest BCUT2D eigenvalue weighted by Crippen LogP contribution is 2.27.